The standard InChI is InChI=1S/C6H11O4P.C3H6O2.H2O/c7-5(8)1-3-11-4-2-6(9)10;1-2-3(4)5;/h11H,1-4H2,(H,7,8)(H,9,10);2H2,1H3,(H,4,5);1H2. The molecule has 0 aromatic rings. The summed E-state index contributed by atoms with van der Waals surface area (Å²) in [5.41, 5.74) is 0. The molecule has 8 heteroatoms. The van der Waals surface area contributed by atoms with Crippen molar-refractivity contribution in [2.75, 3.05) is 12.3 Å². The lowest BCUT2D eigenvalue weighted by Crippen LogP contribution is -1.98. The molecule has 0 aromatic heterocycles. The molecule has 0 amide bonds. The summed E-state index contributed by atoms with van der Waals surface area (Å²) < 4.78 is 0. The summed E-state index contributed by atoms with van der Waals surface area (Å²) in [6, 6.07) is 0. The highest BCUT2D eigenvalue weighted by Gasteiger charge is 1.98. The van der Waals surface area contributed by atoms with Crippen LogP contribution in [0.15, 0.2) is 0 Å². The second-order valence-corrected chi connectivity index (χ2v) is 4.28. The zero-order chi connectivity index (χ0) is 13.0. The summed E-state index contributed by atoms with van der Waals surface area (Å²) in [5, 5.41) is 24.1. The number of aliphatic carboxylic acids is 3. The monoisotopic (exact) mass is 270 g/mol. The van der Waals surface area contributed by atoms with Crippen LogP contribution < -0.4 is 0 Å². The molecule has 0 saturated carbocycles. The van der Waals surface area contributed by atoms with Crippen molar-refractivity contribution >= 4 is 26.5 Å². The summed E-state index contributed by atoms with van der Waals surface area (Å²) in [6.45, 7) is 1.60. The van der Waals surface area contributed by atoms with Gasteiger partial charge in [-0.3, -0.25) is 14.4 Å². The van der Waals surface area contributed by atoms with E-state index in [4.69, 9.17) is 15.3 Å². The average molecular weight is 270 g/mol. The third kappa shape index (κ3) is 31.3. The molecule has 0 heterocycles. The molecule has 0 unspecified atom stereocenters. The zero-order valence-corrected chi connectivity index (χ0v) is 10.6. The van der Waals surface area contributed by atoms with E-state index in [2.05, 4.69) is 0 Å². The SMILES string of the molecule is CCC(=O)O.O.O=C(O)CCPCCC(=O)O. The molecule has 17 heavy (non-hydrogen) atoms. The number of hydrogen-bond acceptors (Lipinski definition) is 3. The topological polar surface area (TPSA) is 143 Å². The predicted molar refractivity (Wildman–Crippen MR) is 64.1 cm³/mol. The molecule has 0 fully saturated rings. The summed E-state index contributed by atoms with van der Waals surface area (Å²) >= 11 is 0. The van der Waals surface area contributed by atoms with E-state index in [1.54, 1.807) is 6.92 Å². The van der Waals surface area contributed by atoms with Crippen molar-refractivity contribution in [2.24, 2.45) is 0 Å². The van der Waals surface area contributed by atoms with Gasteiger partial charge in [0.15, 0.2) is 0 Å². The van der Waals surface area contributed by atoms with E-state index in [9.17, 15) is 14.4 Å². The first-order chi connectivity index (χ1) is 7.40. The minimum absolute atomic E-state index is 0. The molecule has 0 aliphatic rings. The van der Waals surface area contributed by atoms with Crippen molar-refractivity contribution in [3.63, 3.8) is 0 Å². The lowest BCUT2D eigenvalue weighted by Gasteiger charge is -1.95. The fourth-order valence-electron chi connectivity index (χ4n) is 0.516. The Morgan fingerprint density at radius 3 is 1.35 bits per heavy atom. The Kier molecular flexibility index (Phi) is 18.4. The van der Waals surface area contributed by atoms with E-state index < -0.39 is 17.9 Å². The Morgan fingerprint density at radius 2 is 1.18 bits per heavy atom. The first-order valence-corrected chi connectivity index (χ1v) is 6.17. The van der Waals surface area contributed by atoms with Crippen LogP contribution >= 0.6 is 8.58 Å². The third-order valence-corrected chi connectivity index (χ3v) is 2.54. The minimum atomic E-state index is -0.812. The molecule has 0 bridgehead atoms. The van der Waals surface area contributed by atoms with E-state index in [0.29, 0.717) is 20.9 Å². The van der Waals surface area contributed by atoms with E-state index in [0.717, 1.165) is 0 Å². The van der Waals surface area contributed by atoms with Gasteiger partial charge in [0, 0.05) is 19.3 Å². The second-order valence-electron chi connectivity index (χ2n) is 2.78. The fraction of sp³-hybridized carbons (Fsp3) is 0.667. The van der Waals surface area contributed by atoms with Crippen molar-refractivity contribution in [2.45, 2.75) is 26.2 Å². The number of carbonyl (C=O) groups is 3. The molecule has 0 radical (unpaired) electrons. The molecule has 0 spiro atoms. The Labute approximate surface area is 101 Å². The van der Waals surface area contributed by atoms with Gasteiger partial charge in [-0.1, -0.05) is 6.92 Å². The molecule has 0 aromatic carbocycles. The van der Waals surface area contributed by atoms with Crippen LogP contribution in [0.5, 0.6) is 0 Å². The molecule has 0 aliphatic carbocycles. The smallest absolute Gasteiger partial charge is 0.303 e. The highest BCUT2D eigenvalue weighted by atomic mass is 31.1. The molecule has 0 rings (SSSR count). The second kappa shape index (κ2) is 14.8. The van der Waals surface area contributed by atoms with Crippen LogP contribution in [0, 0.1) is 0 Å². The Morgan fingerprint density at radius 1 is 0.882 bits per heavy atom. The molecular formula is C9H19O7P. The number of carboxylic acids is 3. The Hall–Kier alpha value is -1.20. The van der Waals surface area contributed by atoms with Crippen LogP contribution in [0.25, 0.3) is 0 Å². The Bertz CT molecular complexity index is 213. The molecule has 0 saturated heterocycles. The van der Waals surface area contributed by atoms with E-state index >= 15 is 0 Å². The van der Waals surface area contributed by atoms with Crippen LogP contribution in [0.2, 0.25) is 0 Å². The molecule has 0 aliphatic heterocycles. The molecule has 102 valence electrons. The average Bonchev–Trinajstić information content (AvgIpc) is 2.17. The van der Waals surface area contributed by atoms with Gasteiger partial charge in [-0.05, 0) is 12.3 Å². The van der Waals surface area contributed by atoms with Gasteiger partial charge < -0.3 is 20.8 Å². The number of hydrogen-bond donors (Lipinski definition) is 3. The summed E-state index contributed by atoms with van der Waals surface area (Å²) in [5.74, 6) is -2.37. The lowest BCUT2D eigenvalue weighted by atomic mass is 10.5. The normalized spacial score (nSPS) is 8.29. The quantitative estimate of drug-likeness (QED) is 0.447. The van der Waals surface area contributed by atoms with Gasteiger partial charge in [-0.15, -0.1) is 8.58 Å². The maximum absolute atomic E-state index is 9.98. The first-order valence-electron chi connectivity index (χ1n) is 4.76. The summed E-state index contributed by atoms with van der Waals surface area (Å²) in [6.07, 6.45) is 1.72. The van der Waals surface area contributed by atoms with Crippen LogP contribution in [0.1, 0.15) is 26.2 Å². The predicted octanol–water partition coefficient (Wildman–Crippen LogP) is 0.271. The molecule has 7 nitrogen and oxygen atoms in total. The van der Waals surface area contributed by atoms with Crippen molar-refractivity contribution in [3.05, 3.63) is 0 Å². The van der Waals surface area contributed by atoms with Crippen LogP contribution in [-0.2, 0) is 14.4 Å². The first kappa shape index (κ1) is 21.1. The van der Waals surface area contributed by atoms with E-state index in [1.807, 2.05) is 0 Å². The van der Waals surface area contributed by atoms with Gasteiger partial charge >= 0.3 is 17.9 Å². The van der Waals surface area contributed by atoms with Gasteiger partial charge in [-0.25, -0.2) is 0 Å². The van der Waals surface area contributed by atoms with Gasteiger partial charge in [0.2, 0.25) is 0 Å². The molecule has 0 atom stereocenters. The van der Waals surface area contributed by atoms with Crippen molar-refractivity contribution in [3.8, 4) is 0 Å². The highest BCUT2D eigenvalue weighted by molar-refractivity contribution is 7.38. The largest absolute Gasteiger partial charge is 0.481 e. The van der Waals surface area contributed by atoms with Crippen LogP contribution in [-0.4, -0.2) is 51.0 Å². The minimum Gasteiger partial charge on any atom is -0.481 e. The van der Waals surface area contributed by atoms with Gasteiger partial charge in [-0.2, -0.15) is 0 Å². The van der Waals surface area contributed by atoms with Crippen molar-refractivity contribution in [1.82, 2.24) is 0 Å². The molecular weight excluding hydrogens is 251 g/mol. The Balaban J connectivity index is -0.000000280. The van der Waals surface area contributed by atoms with Crippen LogP contribution in [0.4, 0.5) is 0 Å². The van der Waals surface area contributed by atoms with E-state index in [1.165, 1.54) is 0 Å². The lowest BCUT2D eigenvalue weighted by molar-refractivity contribution is -0.137. The molecule has 5 N–H and O–H groups in total. The van der Waals surface area contributed by atoms with Gasteiger partial charge in [0.25, 0.3) is 0 Å². The summed E-state index contributed by atoms with van der Waals surface area (Å²) in [4.78, 5) is 29.3. The van der Waals surface area contributed by atoms with E-state index in [-0.39, 0.29) is 24.7 Å². The van der Waals surface area contributed by atoms with Gasteiger partial charge in [0.05, 0.1) is 0 Å². The van der Waals surface area contributed by atoms with Crippen molar-refractivity contribution in [1.29, 1.82) is 0 Å². The fourth-order valence-corrected chi connectivity index (χ4v) is 1.55. The highest BCUT2D eigenvalue weighted by Crippen LogP contribution is 2.12. The maximum Gasteiger partial charge on any atom is 0.303 e. The number of rotatable bonds is 7. The third-order valence-electron chi connectivity index (χ3n) is 1.33. The maximum atomic E-state index is 9.98. The van der Waals surface area contributed by atoms with Crippen molar-refractivity contribution < 1.29 is 35.2 Å². The van der Waals surface area contributed by atoms with Gasteiger partial charge in [0.1, 0.15) is 0 Å². The number of carboxylic acid groups (broad SMARTS) is 3. The summed E-state index contributed by atoms with van der Waals surface area (Å²) in [7, 11) is 0.456. The van der Waals surface area contributed by atoms with Crippen LogP contribution in [0.3, 0.4) is 0 Å². The zero-order valence-electron chi connectivity index (χ0n) is 9.60.